The lowest BCUT2D eigenvalue weighted by atomic mass is 9.76. The van der Waals surface area contributed by atoms with E-state index in [4.69, 9.17) is 14.2 Å². The van der Waals surface area contributed by atoms with Gasteiger partial charge in [0.2, 0.25) is 6.79 Å². The predicted molar refractivity (Wildman–Crippen MR) is 96.7 cm³/mol. The molecule has 2 aliphatic heterocycles. The highest BCUT2D eigenvalue weighted by molar-refractivity contribution is 5.97. The van der Waals surface area contributed by atoms with Gasteiger partial charge in [0.25, 0.3) is 0 Å². The molecule has 5 rings (SSSR count). The van der Waals surface area contributed by atoms with E-state index in [1.165, 1.54) is 7.11 Å². The lowest BCUT2D eigenvalue weighted by Crippen LogP contribution is -2.30. The minimum absolute atomic E-state index is 0.0859. The molecule has 2 aromatic carbocycles. The zero-order valence-corrected chi connectivity index (χ0v) is 14.4. The topological polar surface area (TPSA) is 56.8 Å². The summed E-state index contributed by atoms with van der Waals surface area (Å²) in [6.45, 7) is 0.264. The number of esters is 1. The van der Waals surface area contributed by atoms with Crippen molar-refractivity contribution in [3.63, 3.8) is 0 Å². The van der Waals surface area contributed by atoms with Crippen molar-refractivity contribution in [2.24, 2.45) is 5.92 Å². The second-order valence-corrected chi connectivity index (χ2v) is 6.85. The lowest BCUT2D eigenvalue weighted by Gasteiger charge is -2.38. The average molecular weight is 349 g/mol. The summed E-state index contributed by atoms with van der Waals surface area (Å²) in [5.74, 6) is 1.92. The lowest BCUT2D eigenvalue weighted by molar-refractivity contribution is 0.0601. The third-order valence-electron chi connectivity index (χ3n) is 5.56. The molecule has 3 atom stereocenters. The zero-order valence-electron chi connectivity index (χ0n) is 14.4. The van der Waals surface area contributed by atoms with E-state index in [0.717, 1.165) is 34.7 Å². The first-order chi connectivity index (χ1) is 12.8. The number of hydrogen-bond donors (Lipinski definition) is 1. The third kappa shape index (κ3) is 2.20. The van der Waals surface area contributed by atoms with Crippen molar-refractivity contribution in [2.45, 2.75) is 18.4 Å². The quantitative estimate of drug-likeness (QED) is 0.655. The molecule has 0 saturated heterocycles. The summed E-state index contributed by atoms with van der Waals surface area (Å²) in [6.07, 6.45) is 5.49. The molecule has 0 aromatic heterocycles. The van der Waals surface area contributed by atoms with Crippen LogP contribution in [0.5, 0.6) is 11.5 Å². The summed E-state index contributed by atoms with van der Waals surface area (Å²) in [5, 5.41) is 3.62. The largest absolute Gasteiger partial charge is 0.465 e. The van der Waals surface area contributed by atoms with Gasteiger partial charge in [0, 0.05) is 5.92 Å². The van der Waals surface area contributed by atoms with Crippen molar-refractivity contribution in [1.29, 1.82) is 0 Å². The van der Waals surface area contributed by atoms with Crippen LogP contribution in [0.15, 0.2) is 48.6 Å². The second-order valence-electron chi connectivity index (χ2n) is 6.85. The maximum atomic E-state index is 12.3. The number of ether oxygens (including phenoxy) is 3. The highest BCUT2D eigenvalue weighted by Crippen LogP contribution is 2.51. The van der Waals surface area contributed by atoms with Crippen molar-refractivity contribution >= 4 is 11.7 Å². The van der Waals surface area contributed by atoms with E-state index in [0.29, 0.717) is 11.5 Å². The normalized spacial score (nSPS) is 24.6. The van der Waals surface area contributed by atoms with Crippen LogP contribution in [0.1, 0.15) is 39.9 Å². The molecule has 0 fully saturated rings. The van der Waals surface area contributed by atoms with Crippen LogP contribution in [-0.4, -0.2) is 19.9 Å². The molecular weight excluding hydrogens is 330 g/mol. The number of rotatable bonds is 2. The number of nitrogens with one attached hydrogen (secondary N) is 1. The Bertz CT molecular complexity index is 920. The molecule has 0 bridgehead atoms. The highest BCUT2D eigenvalue weighted by atomic mass is 16.7. The zero-order chi connectivity index (χ0) is 17.7. The van der Waals surface area contributed by atoms with E-state index >= 15 is 0 Å². The summed E-state index contributed by atoms with van der Waals surface area (Å²) in [7, 11) is 1.41. The number of hydrogen-bond acceptors (Lipinski definition) is 5. The van der Waals surface area contributed by atoms with Gasteiger partial charge in [-0.05, 0) is 41.7 Å². The number of carbonyl (C=O) groups excluding carboxylic acids is 1. The van der Waals surface area contributed by atoms with Gasteiger partial charge in [-0.2, -0.15) is 0 Å². The molecule has 3 aliphatic rings. The standard InChI is InChI=1S/C21H19NO4/c1-24-21(23)16-7-3-6-15-13-4-2-5-14(13)19(22-20(15)16)12-8-9-17-18(10-12)26-11-25-17/h2-4,6-10,13-14,19,22H,5,11H2,1H3/t13-,14+,19+/m1/s1. The fourth-order valence-corrected chi connectivity index (χ4v) is 4.34. The summed E-state index contributed by atoms with van der Waals surface area (Å²) >= 11 is 0. The first-order valence-electron chi connectivity index (χ1n) is 8.80. The summed E-state index contributed by atoms with van der Waals surface area (Å²) in [4.78, 5) is 12.3. The molecule has 1 N–H and O–H groups in total. The number of anilines is 1. The molecule has 2 heterocycles. The molecule has 0 radical (unpaired) electrons. The summed E-state index contributed by atoms with van der Waals surface area (Å²) in [6, 6.07) is 12.0. The summed E-state index contributed by atoms with van der Waals surface area (Å²) in [5.41, 5.74) is 3.74. The van der Waals surface area contributed by atoms with Crippen LogP contribution in [0.25, 0.3) is 0 Å². The molecule has 5 nitrogen and oxygen atoms in total. The molecule has 5 heteroatoms. The van der Waals surface area contributed by atoms with Gasteiger partial charge in [-0.1, -0.05) is 30.4 Å². The number of para-hydroxylation sites is 1. The Hall–Kier alpha value is -2.95. The van der Waals surface area contributed by atoms with E-state index < -0.39 is 0 Å². The van der Waals surface area contributed by atoms with Crippen molar-refractivity contribution in [1.82, 2.24) is 0 Å². The van der Waals surface area contributed by atoms with Gasteiger partial charge in [0.15, 0.2) is 11.5 Å². The minimum Gasteiger partial charge on any atom is -0.465 e. The Balaban J connectivity index is 1.61. The second kappa shape index (κ2) is 5.80. The monoisotopic (exact) mass is 349 g/mol. The molecule has 0 spiro atoms. The molecule has 0 saturated carbocycles. The molecule has 132 valence electrons. The van der Waals surface area contributed by atoms with Gasteiger partial charge >= 0.3 is 5.97 Å². The van der Waals surface area contributed by atoms with Crippen molar-refractivity contribution < 1.29 is 19.0 Å². The van der Waals surface area contributed by atoms with Gasteiger partial charge in [-0.3, -0.25) is 0 Å². The summed E-state index contributed by atoms with van der Waals surface area (Å²) < 4.78 is 16.0. The molecule has 1 aliphatic carbocycles. The van der Waals surface area contributed by atoms with Gasteiger partial charge in [-0.25, -0.2) is 4.79 Å². The van der Waals surface area contributed by atoms with Gasteiger partial charge in [0.05, 0.1) is 24.4 Å². The average Bonchev–Trinajstić information content (AvgIpc) is 3.35. The first kappa shape index (κ1) is 15.3. The SMILES string of the molecule is COC(=O)c1cccc2c1N[C@@H](c1ccc3c(c1)OCO3)[C@H]1CC=C[C@@H]21. The van der Waals surface area contributed by atoms with Crippen LogP contribution in [0.3, 0.4) is 0 Å². The van der Waals surface area contributed by atoms with Crippen LogP contribution in [0, 0.1) is 5.92 Å². The van der Waals surface area contributed by atoms with Crippen LogP contribution < -0.4 is 14.8 Å². The number of allylic oxidation sites excluding steroid dienone is 2. The highest BCUT2D eigenvalue weighted by Gasteiger charge is 2.39. The van der Waals surface area contributed by atoms with Crippen molar-refractivity contribution in [3.8, 4) is 11.5 Å². The fourth-order valence-electron chi connectivity index (χ4n) is 4.34. The predicted octanol–water partition coefficient (Wildman–Crippen LogP) is 4.03. The van der Waals surface area contributed by atoms with E-state index in [2.05, 4.69) is 29.6 Å². The fraction of sp³-hybridized carbons (Fsp3) is 0.286. The van der Waals surface area contributed by atoms with E-state index in [-0.39, 0.29) is 24.7 Å². The van der Waals surface area contributed by atoms with Gasteiger partial charge in [0.1, 0.15) is 0 Å². The van der Waals surface area contributed by atoms with Crippen LogP contribution in [-0.2, 0) is 4.74 Å². The smallest absolute Gasteiger partial charge is 0.339 e. The molecule has 26 heavy (non-hydrogen) atoms. The Morgan fingerprint density at radius 3 is 2.96 bits per heavy atom. The molecular formula is C21H19NO4. The molecule has 0 unspecified atom stereocenters. The Kier molecular flexibility index (Phi) is 3.42. The number of fused-ring (bicyclic) bond motifs is 4. The van der Waals surface area contributed by atoms with Crippen LogP contribution in [0.4, 0.5) is 5.69 Å². The number of methoxy groups -OCH3 is 1. The van der Waals surface area contributed by atoms with Crippen molar-refractivity contribution in [2.75, 3.05) is 19.2 Å². The molecule has 0 amide bonds. The van der Waals surface area contributed by atoms with Crippen molar-refractivity contribution in [3.05, 3.63) is 65.2 Å². The third-order valence-corrected chi connectivity index (χ3v) is 5.56. The van der Waals surface area contributed by atoms with E-state index in [1.54, 1.807) is 0 Å². The Morgan fingerprint density at radius 2 is 2.08 bits per heavy atom. The Morgan fingerprint density at radius 1 is 1.19 bits per heavy atom. The molecule has 2 aromatic rings. The van der Waals surface area contributed by atoms with Crippen LogP contribution >= 0.6 is 0 Å². The van der Waals surface area contributed by atoms with Crippen LogP contribution in [0.2, 0.25) is 0 Å². The first-order valence-corrected chi connectivity index (χ1v) is 8.80. The minimum atomic E-state index is -0.320. The van der Waals surface area contributed by atoms with Gasteiger partial charge < -0.3 is 19.5 Å². The number of carbonyl (C=O) groups is 1. The Labute approximate surface area is 151 Å². The number of benzene rings is 2. The maximum Gasteiger partial charge on any atom is 0.339 e. The van der Waals surface area contributed by atoms with E-state index in [9.17, 15) is 4.79 Å². The van der Waals surface area contributed by atoms with Gasteiger partial charge in [-0.15, -0.1) is 0 Å². The van der Waals surface area contributed by atoms with E-state index in [1.807, 2.05) is 24.3 Å². The maximum absolute atomic E-state index is 12.3.